The molecule has 196 valence electrons. The highest BCUT2D eigenvalue weighted by Crippen LogP contribution is 2.23. The lowest BCUT2D eigenvalue weighted by molar-refractivity contribution is -0.274. The molecule has 0 fully saturated rings. The third-order valence-electron chi connectivity index (χ3n) is 4.90. The second-order valence-corrected chi connectivity index (χ2v) is 8.27. The van der Waals surface area contributed by atoms with Crippen LogP contribution in [0.1, 0.15) is 16.7 Å². The zero-order valence-electron chi connectivity index (χ0n) is 19.7. The van der Waals surface area contributed by atoms with E-state index >= 15 is 0 Å². The van der Waals surface area contributed by atoms with Crippen LogP contribution in [0, 0.1) is 12.7 Å². The van der Waals surface area contributed by atoms with Gasteiger partial charge < -0.3 is 15.4 Å². The van der Waals surface area contributed by atoms with E-state index in [9.17, 15) is 17.6 Å². The number of aromatic nitrogens is 3. The molecule has 4 aromatic rings. The molecule has 3 N–H and O–H groups in total. The Labute approximate surface area is 219 Å². The van der Waals surface area contributed by atoms with E-state index < -0.39 is 6.36 Å². The first-order chi connectivity index (χ1) is 18.1. The Balaban J connectivity index is 1.50. The van der Waals surface area contributed by atoms with Crippen LogP contribution >= 0.6 is 11.6 Å². The summed E-state index contributed by atoms with van der Waals surface area (Å²) in [5.41, 5.74) is 5.22. The van der Waals surface area contributed by atoms with Crippen molar-refractivity contribution in [2.24, 2.45) is 5.10 Å². The molecule has 38 heavy (non-hydrogen) atoms. The number of aryl methyl sites for hydroxylation is 1. The maximum absolute atomic E-state index is 13.7. The molecule has 2 heterocycles. The average Bonchev–Trinajstić information content (AvgIpc) is 2.86. The van der Waals surface area contributed by atoms with Gasteiger partial charge in [0.1, 0.15) is 22.5 Å². The van der Waals surface area contributed by atoms with Gasteiger partial charge in [-0.1, -0.05) is 17.7 Å². The van der Waals surface area contributed by atoms with Crippen molar-refractivity contribution in [2.75, 3.05) is 16.1 Å². The number of nitrogens with zero attached hydrogens (tertiary/aromatic N) is 4. The molecule has 0 saturated carbocycles. The van der Waals surface area contributed by atoms with Crippen LogP contribution in [0.15, 0.2) is 72.0 Å². The van der Waals surface area contributed by atoms with Gasteiger partial charge in [0.15, 0.2) is 5.82 Å². The van der Waals surface area contributed by atoms with Crippen molar-refractivity contribution in [1.82, 2.24) is 15.0 Å². The molecule has 0 atom stereocenters. The lowest BCUT2D eigenvalue weighted by atomic mass is 10.2. The van der Waals surface area contributed by atoms with E-state index in [1.54, 1.807) is 43.5 Å². The van der Waals surface area contributed by atoms with Gasteiger partial charge in [-0.05, 0) is 72.1 Å². The maximum Gasteiger partial charge on any atom is 0.573 e. The van der Waals surface area contributed by atoms with Gasteiger partial charge in [0.2, 0.25) is 5.95 Å². The number of halogens is 5. The first-order valence-electron chi connectivity index (χ1n) is 11.0. The average molecular weight is 546 g/mol. The predicted molar refractivity (Wildman–Crippen MR) is 137 cm³/mol. The minimum atomic E-state index is -4.77. The Hall–Kier alpha value is -4.45. The van der Waals surface area contributed by atoms with Crippen molar-refractivity contribution in [3.8, 4) is 5.75 Å². The number of benzene rings is 2. The lowest BCUT2D eigenvalue weighted by Crippen LogP contribution is -2.17. The summed E-state index contributed by atoms with van der Waals surface area (Å²) in [6.07, 6.45) is -1.74. The third kappa shape index (κ3) is 8.03. The van der Waals surface area contributed by atoms with Crippen LogP contribution in [-0.4, -0.2) is 27.5 Å². The van der Waals surface area contributed by atoms with E-state index in [1.165, 1.54) is 36.5 Å². The zero-order chi connectivity index (χ0) is 27.1. The second kappa shape index (κ2) is 11.7. The number of ether oxygens (including phenoxy) is 1. The van der Waals surface area contributed by atoms with Crippen LogP contribution in [0.3, 0.4) is 0 Å². The molecule has 0 spiro atoms. The SMILES string of the molecule is Cc1cc(Nc2cc(N/N=C/c3ccc(OC(F)(F)F)cc3)nc(NCc3ccc(Cl)nc3)n2)ccc1F. The highest BCUT2D eigenvalue weighted by atomic mass is 35.5. The van der Waals surface area contributed by atoms with Gasteiger partial charge in [-0.2, -0.15) is 15.1 Å². The molecule has 0 radical (unpaired) electrons. The van der Waals surface area contributed by atoms with Crippen molar-refractivity contribution < 1.29 is 22.3 Å². The summed E-state index contributed by atoms with van der Waals surface area (Å²) < 4.78 is 54.5. The van der Waals surface area contributed by atoms with Gasteiger partial charge in [-0.3, -0.25) is 5.43 Å². The van der Waals surface area contributed by atoms with Gasteiger partial charge in [0.25, 0.3) is 0 Å². The van der Waals surface area contributed by atoms with Crippen molar-refractivity contribution in [2.45, 2.75) is 19.8 Å². The molecular weight excluding hydrogens is 526 g/mol. The molecule has 2 aromatic heterocycles. The monoisotopic (exact) mass is 545 g/mol. The van der Waals surface area contributed by atoms with Crippen LogP contribution in [0.2, 0.25) is 5.15 Å². The van der Waals surface area contributed by atoms with Gasteiger partial charge in [-0.25, -0.2) is 9.37 Å². The number of hydrazone groups is 1. The lowest BCUT2D eigenvalue weighted by Gasteiger charge is -2.12. The fourth-order valence-electron chi connectivity index (χ4n) is 3.14. The van der Waals surface area contributed by atoms with Gasteiger partial charge in [0, 0.05) is 24.5 Å². The number of hydrogen-bond donors (Lipinski definition) is 3. The third-order valence-corrected chi connectivity index (χ3v) is 5.13. The van der Waals surface area contributed by atoms with Crippen molar-refractivity contribution in [1.29, 1.82) is 0 Å². The topological polar surface area (TPSA) is 96.4 Å². The molecule has 0 saturated heterocycles. The van der Waals surface area contributed by atoms with Crippen LogP contribution in [0.5, 0.6) is 5.75 Å². The van der Waals surface area contributed by atoms with Gasteiger partial charge in [-0.15, -0.1) is 13.2 Å². The normalized spacial score (nSPS) is 11.4. The predicted octanol–water partition coefficient (Wildman–Crippen LogP) is 6.67. The van der Waals surface area contributed by atoms with Crippen LogP contribution in [0.25, 0.3) is 0 Å². The zero-order valence-corrected chi connectivity index (χ0v) is 20.5. The van der Waals surface area contributed by atoms with Crippen molar-refractivity contribution in [3.05, 3.63) is 94.5 Å². The van der Waals surface area contributed by atoms with Crippen molar-refractivity contribution in [3.63, 3.8) is 0 Å². The fourth-order valence-corrected chi connectivity index (χ4v) is 3.25. The second-order valence-electron chi connectivity index (χ2n) is 7.88. The van der Waals surface area contributed by atoms with Crippen LogP contribution < -0.4 is 20.8 Å². The van der Waals surface area contributed by atoms with Gasteiger partial charge in [0.05, 0.1) is 6.21 Å². The summed E-state index contributed by atoms with van der Waals surface area (Å²) in [5.74, 6) is 0.305. The van der Waals surface area contributed by atoms with E-state index in [1.807, 2.05) is 0 Å². The highest BCUT2D eigenvalue weighted by Gasteiger charge is 2.30. The number of nitrogens with one attached hydrogen (secondary N) is 3. The number of anilines is 4. The smallest absolute Gasteiger partial charge is 0.406 e. The van der Waals surface area contributed by atoms with Crippen LogP contribution in [-0.2, 0) is 6.54 Å². The Morgan fingerprint density at radius 1 is 1.00 bits per heavy atom. The Kier molecular flexibility index (Phi) is 8.22. The summed E-state index contributed by atoms with van der Waals surface area (Å²) in [6.45, 7) is 2.01. The van der Waals surface area contributed by atoms with Gasteiger partial charge >= 0.3 is 6.36 Å². The first kappa shape index (κ1) is 26.6. The van der Waals surface area contributed by atoms with E-state index in [0.29, 0.717) is 40.1 Å². The number of pyridine rings is 1. The van der Waals surface area contributed by atoms with E-state index in [4.69, 9.17) is 11.6 Å². The molecular formula is C25H20ClF4N7O. The summed E-state index contributed by atoms with van der Waals surface area (Å²) in [4.78, 5) is 12.9. The van der Waals surface area contributed by atoms with E-state index in [2.05, 4.69) is 40.8 Å². The Morgan fingerprint density at radius 2 is 1.76 bits per heavy atom. The summed E-state index contributed by atoms with van der Waals surface area (Å²) in [5, 5.41) is 10.7. The molecule has 13 heteroatoms. The molecule has 0 aliphatic heterocycles. The highest BCUT2D eigenvalue weighted by molar-refractivity contribution is 6.29. The van der Waals surface area contributed by atoms with E-state index in [0.717, 1.165) is 5.56 Å². The van der Waals surface area contributed by atoms with E-state index in [-0.39, 0.29) is 17.5 Å². The molecule has 2 aromatic carbocycles. The molecule has 0 bridgehead atoms. The molecule has 0 amide bonds. The maximum atomic E-state index is 13.7. The summed E-state index contributed by atoms with van der Waals surface area (Å²) in [6, 6.07) is 14.8. The number of hydrogen-bond acceptors (Lipinski definition) is 8. The number of rotatable bonds is 9. The number of alkyl halides is 3. The molecule has 8 nitrogen and oxygen atoms in total. The minimum absolute atomic E-state index is 0.259. The largest absolute Gasteiger partial charge is 0.573 e. The molecule has 0 aliphatic carbocycles. The Bertz CT molecular complexity index is 1420. The minimum Gasteiger partial charge on any atom is -0.406 e. The molecule has 4 rings (SSSR count). The first-order valence-corrected chi connectivity index (χ1v) is 11.4. The fraction of sp³-hybridized carbons (Fsp3) is 0.120. The van der Waals surface area contributed by atoms with Crippen molar-refractivity contribution >= 4 is 41.1 Å². The summed E-state index contributed by atoms with van der Waals surface area (Å²) in [7, 11) is 0. The Morgan fingerprint density at radius 3 is 2.45 bits per heavy atom. The quantitative estimate of drug-likeness (QED) is 0.0935. The standard InChI is InChI=1S/C25H20ClF4N7O/c1-15-10-18(5-8-20(15)27)34-22-11-23(36-24(35-22)32-13-17-4-9-21(26)31-12-17)37-33-14-16-2-6-19(7-3-16)38-25(28,29)30/h2-12,14H,13H2,1H3,(H3,32,34,35,36,37)/b33-14+. The molecule has 0 unspecified atom stereocenters. The molecule has 0 aliphatic rings. The van der Waals surface area contributed by atoms with Crippen LogP contribution in [0.4, 0.5) is 40.8 Å². The summed E-state index contributed by atoms with van der Waals surface area (Å²) >= 11 is 5.83.